The van der Waals surface area contributed by atoms with E-state index >= 15 is 0 Å². The highest BCUT2D eigenvalue weighted by molar-refractivity contribution is 6.35. The zero-order valence-electron chi connectivity index (χ0n) is 9.21. The fourth-order valence-electron chi connectivity index (χ4n) is 1.15. The predicted octanol–water partition coefficient (Wildman–Crippen LogP) is 1.84. The summed E-state index contributed by atoms with van der Waals surface area (Å²) in [5.74, 6) is 0.413. The quantitative estimate of drug-likeness (QED) is 0.780. The van der Waals surface area contributed by atoms with Gasteiger partial charge in [0.2, 0.25) is 5.91 Å². The molecular formula is C11H14Cl2N2O2. The molecule has 4 nitrogen and oxygen atoms in total. The monoisotopic (exact) mass is 276 g/mol. The number of hydrogen-bond acceptors (Lipinski definition) is 3. The first-order chi connectivity index (χ1) is 8.13. The molecule has 6 heteroatoms. The molecule has 0 aliphatic carbocycles. The summed E-state index contributed by atoms with van der Waals surface area (Å²) in [4.78, 5) is 10.8. The molecule has 0 fully saturated rings. The van der Waals surface area contributed by atoms with Gasteiger partial charge in [-0.15, -0.1) is 0 Å². The SMILES string of the molecule is NCC(=O)NCCCOc1ccc(Cl)cc1Cl. The van der Waals surface area contributed by atoms with Gasteiger partial charge in [-0.2, -0.15) is 0 Å². The molecule has 0 aromatic heterocycles. The Bertz CT molecular complexity index is 386. The molecule has 1 aromatic rings. The Morgan fingerprint density at radius 3 is 2.82 bits per heavy atom. The van der Waals surface area contributed by atoms with Crippen LogP contribution in [0.25, 0.3) is 0 Å². The summed E-state index contributed by atoms with van der Waals surface area (Å²) in [6.07, 6.45) is 0.685. The van der Waals surface area contributed by atoms with Crippen LogP contribution in [0, 0.1) is 0 Å². The molecule has 0 bridgehead atoms. The molecule has 0 unspecified atom stereocenters. The molecule has 0 aliphatic rings. The van der Waals surface area contributed by atoms with Crippen LogP contribution in [0.2, 0.25) is 10.0 Å². The highest BCUT2D eigenvalue weighted by Gasteiger charge is 2.02. The molecule has 0 aliphatic heterocycles. The van der Waals surface area contributed by atoms with Crippen LogP contribution < -0.4 is 15.8 Å². The number of carbonyl (C=O) groups is 1. The summed E-state index contributed by atoms with van der Waals surface area (Å²) >= 11 is 11.7. The molecule has 0 saturated carbocycles. The van der Waals surface area contributed by atoms with Crippen molar-refractivity contribution in [3.05, 3.63) is 28.2 Å². The van der Waals surface area contributed by atoms with E-state index in [9.17, 15) is 4.79 Å². The summed E-state index contributed by atoms with van der Waals surface area (Å²) in [6.45, 7) is 0.997. The van der Waals surface area contributed by atoms with E-state index in [4.69, 9.17) is 33.7 Å². The minimum atomic E-state index is -0.172. The second kappa shape index (κ2) is 7.37. The standard InChI is InChI=1S/C11H14Cl2N2O2/c12-8-2-3-10(9(13)6-8)17-5-1-4-15-11(16)7-14/h2-3,6H,1,4-5,7,14H2,(H,15,16). The third-order valence-electron chi connectivity index (χ3n) is 1.98. The van der Waals surface area contributed by atoms with E-state index in [0.29, 0.717) is 35.4 Å². The van der Waals surface area contributed by atoms with Crippen LogP contribution >= 0.6 is 23.2 Å². The van der Waals surface area contributed by atoms with Gasteiger partial charge in [0.25, 0.3) is 0 Å². The van der Waals surface area contributed by atoms with Gasteiger partial charge < -0.3 is 15.8 Å². The van der Waals surface area contributed by atoms with Gasteiger partial charge in [-0.05, 0) is 24.6 Å². The Balaban J connectivity index is 2.24. The number of carbonyl (C=O) groups excluding carboxylic acids is 1. The first kappa shape index (κ1) is 14.1. The highest BCUT2D eigenvalue weighted by atomic mass is 35.5. The van der Waals surface area contributed by atoms with E-state index in [2.05, 4.69) is 5.32 Å². The van der Waals surface area contributed by atoms with E-state index in [-0.39, 0.29) is 12.5 Å². The molecule has 3 N–H and O–H groups in total. The smallest absolute Gasteiger partial charge is 0.233 e. The Labute approximate surface area is 110 Å². The number of nitrogens with two attached hydrogens (primary N) is 1. The van der Waals surface area contributed by atoms with Gasteiger partial charge in [-0.3, -0.25) is 4.79 Å². The van der Waals surface area contributed by atoms with Crippen LogP contribution in [0.1, 0.15) is 6.42 Å². The average Bonchev–Trinajstić information content (AvgIpc) is 2.30. The molecule has 94 valence electrons. The van der Waals surface area contributed by atoms with Gasteiger partial charge in [0.15, 0.2) is 0 Å². The van der Waals surface area contributed by atoms with Gasteiger partial charge in [0.1, 0.15) is 5.75 Å². The van der Waals surface area contributed by atoms with Crippen molar-refractivity contribution in [2.45, 2.75) is 6.42 Å². The number of ether oxygens (including phenoxy) is 1. The maximum atomic E-state index is 10.8. The maximum absolute atomic E-state index is 10.8. The zero-order valence-corrected chi connectivity index (χ0v) is 10.7. The van der Waals surface area contributed by atoms with Crippen molar-refractivity contribution in [3.63, 3.8) is 0 Å². The van der Waals surface area contributed by atoms with E-state index in [1.54, 1.807) is 18.2 Å². The number of halogens is 2. The van der Waals surface area contributed by atoms with Crippen molar-refractivity contribution in [1.82, 2.24) is 5.32 Å². The number of nitrogens with one attached hydrogen (secondary N) is 1. The normalized spacial score (nSPS) is 10.1. The fourth-order valence-corrected chi connectivity index (χ4v) is 1.61. The molecule has 0 spiro atoms. The Hall–Kier alpha value is -0.970. The summed E-state index contributed by atoms with van der Waals surface area (Å²) in [6, 6.07) is 5.04. The van der Waals surface area contributed by atoms with Crippen LogP contribution in [-0.2, 0) is 4.79 Å². The summed E-state index contributed by atoms with van der Waals surface area (Å²) in [5.41, 5.74) is 5.14. The molecule has 0 saturated heterocycles. The van der Waals surface area contributed by atoms with Crippen LogP contribution in [0.4, 0.5) is 0 Å². The van der Waals surface area contributed by atoms with E-state index in [1.165, 1.54) is 0 Å². The molecule has 0 radical (unpaired) electrons. The molecule has 17 heavy (non-hydrogen) atoms. The van der Waals surface area contributed by atoms with Crippen LogP contribution in [0.3, 0.4) is 0 Å². The highest BCUT2D eigenvalue weighted by Crippen LogP contribution is 2.27. The second-order valence-corrected chi connectivity index (χ2v) is 4.17. The lowest BCUT2D eigenvalue weighted by Gasteiger charge is -2.08. The molecule has 1 rings (SSSR count). The Kier molecular flexibility index (Phi) is 6.11. The van der Waals surface area contributed by atoms with Gasteiger partial charge in [-0.1, -0.05) is 23.2 Å². The van der Waals surface area contributed by atoms with E-state index < -0.39 is 0 Å². The summed E-state index contributed by atoms with van der Waals surface area (Å²) in [5, 5.41) is 3.69. The summed E-state index contributed by atoms with van der Waals surface area (Å²) in [7, 11) is 0. The van der Waals surface area contributed by atoms with Crippen molar-refractivity contribution in [3.8, 4) is 5.75 Å². The Morgan fingerprint density at radius 2 is 2.18 bits per heavy atom. The third kappa shape index (κ3) is 5.26. The molecule has 0 heterocycles. The summed E-state index contributed by atoms with van der Waals surface area (Å²) < 4.78 is 5.43. The minimum absolute atomic E-state index is 0.00384. The van der Waals surface area contributed by atoms with Crippen LogP contribution in [0.5, 0.6) is 5.75 Å². The van der Waals surface area contributed by atoms with Crippen LogP contribution in [-0.4, -0.2) is 25.6 Å². The largest absolute Gasteiger partial charge is 0.492 e. The number of rotatable bonds is 6. The topological polar surface area (TPSA) is 64.4 Å². The lowest BCUT2D eigenvalue weighted by Crippen LogP contribution is -2.31. The molecule has 1 amide bonds. The van der Waals surface area contributed by atoms with Crippen molar-refractivity contribution in [2.24, 2.45) is 5.73 Å². The number of amides is 1. The van der Waals surface area contributed by atoms with Gasteiger partial charge in [0, 0.05) is 11.6 Å². The van der Waals surface area contributed by atoms with Crippen molar-refractivity contribution in [2.75, 3.05) is 19.7 Å². The lowest BCUT2D eigenvalue weighted by atomic mass is 10.3. The zero-order chi connectivity index (χ0) is 12.7. The van der Waals surface area contributed by atoms with Crippen molar-refractivity contribution < 1.29 is 9.53 Å². The predicted molar refractivity (Wildman–Crippen MR) is 68.6 cm³/mol. The van der Waals surface area contributed by atoms with E-state index in [1.807, 2.05) is 0 Å². The van der Waals surface area contributed by atoms with Crippen molar-refractivity contribution in [1.29, 1.82) is 0 Å². The number of benzene rings is 1. The van der Waals surface area contributed by atoms with Gasteiger partial charge in [-0.25, -0.2) is 0 Å². The number of hydrogen-bond donors (Lipinski definition) is 2. The van der Waals surface area contributed by atoms with Gasteiger partial charge in [0.05, 0.1) is 18.2 Å². The molecule has 0 atom stereocenters. The molecular weight excluding hydrogens is 263 g/mol. The Morgan fingerprint density at radius 1 is 1.41 bits per heavy atom. The van der Waals surface area contributed by atoms with Crippen molar-refractivity contribution >= 4 is 29.1 Å². The fraction of sp³-hybridized carbons (Fsp3) is 0.364. The maximum Gasteiger partial charge on any atom is 0.233 e. The third-order valence-corrected chi connectivity index (χ3v) is 2.51. The average molecular weight is 277 g/mol. The minimum Gasteiger partial charge on any atom is -0.492 e. The first-order valence-electron chi connectivity index (χ1n) is 5.18. The lowest BCUT2D eigenvalue weighted by molar-refractivity contribution is -0.119. The van der Waals surface area contributed by atoms with E-state index in [0.717, 1.165) is 0 Å². The first-order valence-corrected chi connectivity index (χ1v) is 5.93. The second-order valence-electron chi connectivity index (χ2n) is 3.33. The van der Waals surface area contributed by atoms with Gasteiger partial charge >= 0.3 is 0 Å². The molecule has 1 aromatic carbocycles. The van der Waals surface area contributed by atoms with Crippen LogP contribution in [0.15, 0.2) is 18.2 Å².